The second-order valence-electron chi connectivity index (χ2n) is 6.49. The Morgan fingerprint density at radius 2 is 2.16 bits per heavy atom. The molecule has 0 bridgehead atoms. The highest BCUT2D eigenvalue weighted by Gasteiger charge is 2.45. The first-order chi connectivity index (χ1) is 11.9. The van der Waals surface area contributed by atoms with E-state index in [1.54, 1.807) is 4.68 Å². The number of halogens is 3. The van der Waals surface area contributed by atoms with Crippen LogP contribution >= 0.6 is 0 Å². The van der Waals surface area contributed by atoms with Crippen LogP contribution in [-0.2, 0) is 30.3 Å². The zero-order chi connectivity index (χ0) is 17.8. The quantitative estimate of drug-likeness (QED) is 0.783. The van der Waals surface area contributed by atoms with Crippen molar-refractivity contribution in [1.82, 2.24) is 9.78 Å². The van der Waals surface area contributed by atoms with Crippen LogP contribution in [0.2, 0.25) is 0 Å². The second kappa shape index (κ2) is 5.64. The van der Waals surface area contributed by atoms with Gasteiger partial charge in [0, 0.05) is 19.2 Å². The first-order valence-corrected chi connectivity index (χ1v) is 8.35. The molecule has 25 heavy (non-hydrogen) atoms. The van der Waals surface area contributed by atoms with E-state index >= 15 is 0 Å². The second-order valence-corrected chi connectivity index (χ2v) is 6.49. The van der Waals surface area contributed by atoms with Crippen LogP contribution in [0.15, 0.2) is 10.6 Å². The van der Waals surface area contributed by atoms with Crippen molar-refractivity contribution < 1.29 is 27.1 Å². The fourth-order valence-electron chi connectivity index (χ4n) is 3.28. The third kappa shape index (κ3) is 2.83. The summed E-state index contributed by atoms with van der Waals surface area (Å²) in [5, 5.41) is 4.37. The molecule has 0 amide bonds. The Kier molecular flexibility index (Phi) is 3.66. The topological polar surface area (TPSA) is 57.3 Å². The standard InChI is InChI=1S/C17H17F3N2O3/c1-2-24-16(23)15-13(17(18,19)20)12-11(25-15)6-5-10-8-22(21-14(10)12)7-9-3-4-9/h8-9H,2-7H2,1H3. The molecule has 2 aliphatic rings. The summed E-state index contributed by atoms with van der Waals surface area (Å²) in [6.07, 6.45) is 0.187. The molecular formula is C17H17F3N2O3. The van der Waals surface area contributed by atoms with Gasteiger partial charge in [-0.15, -0.1) is 0 Å². The molecular weight excluding hydrogens is 337 g/mol. The molecule has 0 aromatic carbocycles. The summed E-state index contributed by atoms with van der Waals surface area (Å²) < 4.78 is 52.8. The maximum absolute atomic E-state index is 13.7. The van der Waals surface area contributed by atoms with Gasteiger partial charge in [-0.3, -0.25) is 4.68 Å². The van der Waals surface area contributed by atoms with Crippen LogP contribution in [0.5, 0.6) is 0 Å². The summed E-state index contributed by atoms with van der Waals surface area (Å²) in [7, 11) is 0. The van der Waals surface area contributed by atoms with E-state index in [4.69, 9.17) is 9.15 Å². The molecule has 0 saturated heterocycles. The zero-order valence-corrected chi connectivity index (χ0v) is 13.7. The Bertz CT molecular complexity index is 831. The van der Waals surface area contributed by atoms with Crippen LogP contribution in [0, 0.1) is 5.92 Å². The van der Waals surface area contributed by atoms with Gasteiger partial charge in [0.15, 0.2) is 0 Å². The van der Waals surface area contributed by atoms with Gasteiger partial charge in [0.25, 0.3) is 0 Å². The van der Waals surface area contributed by atoms with Gasteiger partial charge in [-0.05, 0) is 37.7 Å². The van der Waals surface area contributed by atoms with Gasteiger partial charge in [0.1, 0.15) is 11.3 Å². The van der Waals surface area contributed by atoms with E-state index in [1.807, 2.05) is 6.20 Å². The van der Waals surface area contributed by atoms with Crippen LogP contribution in [0.1, 0.15) is 47.2 Å². The van der Waals surface area contributed by atoms with Gasteiger partial charge in [0.2, 0.25) is 5.76 Å². The van der Waals surface area contributed by atoms with E-state index in [1.165, 1.54) is 6.92 Å². The van der Waals surface area contributed by atoms with Crippen LogP contribution in [-0.4, -0.2) is 22.4 Å². The average Bonchev–Trinajstić information content (AvgIpc) is 3.09. The number of carbonyl (C=O) groups excluding carboxylic acids is 1. The molecule has 2 aromatic rings. The Labute approximate surface area is 141 Å². The van der Waals surface area contributed by atoms with Gasteiger partial charge in [-0.25, -0.2) is 4.79 Å². The minimum atomic E-state index is -4.73. The average molecular weight is 354 g/mol. The molecule has 5 nitrogen and oxygen atoms in total. The number of aromatic nitrogens is 2. The monoisotopic (exact) mass is 354 g/mol. The van der Waals surface area contributed by atoms with Crippen LogP contribution in [0.3, 0.4) is 0 Å². The van der Waals surface area contributed by atoms with E-state index in [9.17, 15) is 18.0 Å². The van der Waals surface area contributed by atoms with Crippen LogP contribution in [0.4, 0.5) is 13.2 Å². The number of furan rings is 1. The number of fused-ring (bicyclic) bond motifs is 3. The van der Waals surface area contributed by atoms with E-state index in [0.29, 0.717) is 25.3 Å². The summed E-state index contributed by atoms with van der Waals surface area (Å²) in [4.78, 5) is 12.0. The number of hydrogen-bond acceptors (Lipinski definition) is 4. The van der Waals surface area contributed by atoms with Crippen molar-refractivity contribution in [2.75, 3.05) is 6.61 Å². The molecule has 2 heterocycles. The highest BCUT2D eigenvalue weighted by molar-refractivity contribution is 5.92. The lowest BCUT2D eigenvalue weighted by atomic mass is 9.93. The predicted octanol–water partition coefficient (Wildman–Crippen LogP) is 3.85. The molecule has 134 valence electrons. The third-order valence-electron chi connectivity index (χ3n) is 4.56. The summed E-state index contributed by atoms with van der Waals surface area (Å²) in [6.45, 7) is 2.22. The van der Waals surface area contributed by atoms with E-state index in [0.717, 1.165) is 18.4 Å². The zero-order valence-electron chi connectivity index (χ0n) is 13.7. The Balaban J connectivity index is 1.84. The third-order valence-corrected chi connectivity index (χ3v) is 4.56. The first-order valence-electron chi connectivity index (χ1n) is 8.35. The fourth-order valence-corrected chi connectivity index (χ4v) is 3.28. The van der Waals surface area contributed by atoms with Crippen LogP contribution < -0.4 is 0 Å². The lowest BCUT2D eigenvalue weighted by Gasteiger charge is -2.12. The number of rotatable bonds is 4. The van der Waals surface area contributed by atoms with Gasteiger partial charge >= 0.3 is 12.1 Å². The number of carbonyl (C=O) groups is 1. The highest BCUT2D eigenvalue weighted by Crippen LogP contribution is 2.46. The summed E-state index contributed by atoms with van der Waals surface area (Å²) in [5.74, 6) is -1.16. The molecule has 2 aromatic heterocycles. The van der Waals surface area contributed by atoms with Crippen LogP contribution in [0.25, 0.3) is 11.3 Å². The predicted molar refractivity (Wildman–Crippen MR) is 81.0 cm³/mol. The minimum absolute atomic E-state index is 0.0250. The van der Waals surface area contributed by atoms with Crippen molar-refractivity contribution in [3.8, 4) is 11.3 Å². The van der Waals surface area contributed by atoms with E-state index in [-0.39, 0.29) is 23.6 Å². The van der Waals surface area contributed by atoms with Crippen molar-refractivity contribution in [3.63, 3.8) is 0 Å². The fraction of sp³-hybridized carbons (Fsp3) is 0.529. The molecule has 4 rings (SSSR count). The normalized spacial score (nSPS) is 16.5. The maximum Gasteiger partial charge on any atom is 0.421 e. The molecule has 0 spiro atoms. The maximum atomic E-state index is 13.7. The van der Waals surface area contributed by atoms with Gasteiger partial charge in [-0.2, -0.15) is 18.3 Å². The molecule has 0 atom stereocenters. The van der Waals surface area contributed by atoms with Crippen molar-refractivity contribution in [1.29, 1.82) is 0 Å². The smallest absolute Gasteiger partial charge is 0.421 e. The summed E-state index contributed by atoms with van der Waals surface area (Å²) in [5.41, 5.74) is -0.145. The van der Waals surface area contributed by atoms with Gasteiger partial charge < -0.3 is 9.15 Å². The number of esters is 1. The Morgan fingerprint density at radius 3 is 2.80 bits per heavy atom. The molecule has 0 unspecified atom stereocenters. The molecule has 0 aliphatic heterocycles. The largest absolute Gasteiger partial charge is 0.460 e. The van der Waals surface area contributed by atoms with Crippen molar-refractivity contribution >= 4 is 5.97 Å². The number of alkyl halides is 3. The summed E-state index contributed by atoms with van der Waals surface area (Å²) in [6, 6.07) is 0. The van der Waals surface area contributed by atoms with Crippen molar-refractivity contribution in [2.24, 2.45) is 5.92 Å². The lowest BCUT2D eigenvalue weighted by molar-refractivity contribution is -0.138. The number of aryl methyl sites for hydroxylation is 2. The van der Waals surface area contributed by atoms with Crippen molar-refractivity contribution in [2.45, 2.75) is 45.3 Å². The van der Waals surface area contributed by atoms with E-state index in [2.05, 4.69) is 5.10 Å². The molecule has 8 heteroatoms. The molecule has 2 aliphatic carbocycles. The minimum Gasteiger partial charge on any atom is -0.460 e. The van der Waals surface area contributed by atoms with Gasteiger partial charge in [0.05, 0.1) is 17.9 Å². The van der Waals surface area contributed by atoms with Crippen molar-refractivity contribution in [3.05, 3.63) is 28.8 Å². The molecule has 1 saturated carbocycles. The Hall–Kier alpha value is -2.25. The number of nitrogens with zero attached hydrogens (tertiary/aromatic N) is 2. The number of ether oxygens (including phenoxy) is 1. The first kappa shape index (κ1) is 16.2. The Morgan fingerprint density at radius 1 is 1.40 bits per heavy atom. The number of hydrogen-bond donors (Lipinski definition) is 0. The molecule has 0 radical (unpaired) electrons. The molecule has 0 N–H and O–H groups in total. The lowest BCUT2D eigenvalue weighted by Crippen LogP contribution is -2.14. The van der Waals surface area contributed by atoms with Gasteiger partial charge in [-0.1, -0.05) is 0 Å². The van der Waals surface area contributed by atoms with E-state index < -0.39 is 23.5 Å². The molecule has 1 fully saturated rings. The highest BCUT2D eigenvalue weighted by atomic mass is 19.4. The SMILES string of the molecule is CCOC(=O)c1oc2c(c1C(F)(F)F)-c1nn(CC3CC3)cc1CC2. The summed E-state index contributed by atoms with van der Waals surface area (Å²) >= 11 is 0.